The first-order chi connectivity index (χ1) is 23.5. The number of ketones is 1. The monoisotopic (exact) mass is 726 g/mol. The highest BCUT2D eigenvalue weighted by Crippen LogP contribution is 2.43. The van der Waals surface area contributed by atoms with Crippen LogP contribution in [0.25, 0.3) is 20.7 Å². The minimum Gasteiger partial charge on any atom is -0.871 e. The van der Waals surface area contributed by atoms with Gasteiger partial charge in [-0.2, -0.15) is 0 Å². The van der Waals surface area contributed by atoms with Crippen molar-refractivity contribution in [2.75, 3.05) is 31.1 Å². The van der Waals surface area contributed by atoms with Crippen molar-refractivity contribution in [1.29, 1.82) is 0 Å². The highest BCUT2D eigenvalue weighted by molar-refractivity contribution is 8.14. The van der Waals surface area contributed by atoms with E-state index in [4.69, 9.17) is 9.98 Å². The Labute approximate surface area is 303 Å². The molecule has 5 rings (SSSR count). The molecule has 0 N–H and O–H groups in total. The van der Waals surface area contributed by atoms with Gasteiger partial charge in [-0.05, 0) is 55.7 Å². The molecule has 0 saturated heterocycles. The maximum Gasteiger partial charge on any atom is 0.361 e. The molecule has 4 heterocycles. The van der Waals surface area contributed by atoms with Gasteiger partial charge in [-0.3, -0.25) is 9.37 Å². The van der Waals surface area contributed by atoms with Crippen molar-refractivity contribution in [1.82, 2.24) is 4.98 Å². The lowest BCUT2D eigenvalue weighted by atomic mass is 9.87. The van der Waals surface area contributed by atoms with Crippen molar-refractivity contribution in [3.63, 3.8) is 0 Å². The number of carbonyl (C=O) groups excluding carboxylic acids is 1. The number of hydrogen-bond acceptors (Lipinski definition) is 8. The number of anilines is 1. The van der Waals surface area contributed by atoms with Crippen LogP contribution in [0.1, 0.15) is 135 Å². The van der Waals surface area contributed by atoms with E-state index in [1.165, 1.54) is 125 Å². The Balaban J connectivity index is 1.33. The van der Waals surface area contributed by atoms with Crippen LogP contribution in [0.3, 0.4) is 0 Å². The van der Waals surface area contributed by atoms with Crippen LogP contribution in [-0.4, -0.2) is 46.7 Å². The van der Waals surface area contributed by atoms with Crippen molar-refractivity contribution in [2.45, 2.75) is 135 Å². The summed E-state index contributed by atoms with van der Waals surface area (Å²) in [7, 11) is 0. The van der Waals surface area contributed by atoms with Crippen LogP contribution < -0.4 is 19.2 Å². The number of thioether (sulfide) groups is 1. The van der Waals surface area contributed by atoms with Crippen molar-refractivity contribution in [2.24, 2.45) is 4.99 Å². The van der Waals surface area contributed by atoms with Crippen LogP contribution >= 0.6 is 45.8 Å². The zero-order chi connectivity index (χ0) is 33.9. The highest BCUT2D eigenvalue weighted by Gasteiger charge is 2.33. The van der Waals surface area contributed by atoms with E-state index in [0.29, 0.717) is 11.1 Å². The van der Waals surface area contributed by atoms with Crippen LogP contribution in [0.2, 0.25) is 0 Å². The number of unbranched alkanes of at least 4 members (excludes halogenated alkanes) is 12. The maximum atomic E-state index is 13.5. The predicted octanol–water partition coefficient (Wildman–Crippen LogP) is 9.15. The zero-order valence-corrected chi connectivity index (χ0v) is 32.8. The lowest BCUT2D eigenvalue weighted by Crippen LogP contribution is -2.31. The minimum absolute atomic E-state index is 0.134. The number of thiazole rings is 1. The average Bonchev–Trinajstić information content (AvgIpc) is 3.84. The molecule has 0 unspecified atom stereocenters. The number of nitrogens with zero attached hydrogens (tertiary/aromatic N) is 4. The molecule has 0 radical (unpaired) electrons. The van der Waals surface area contributed by atoms with Crippen LogP contribution in [0.5, 0.6) is 0 Å². The first kappa shape index (κ1) is 37.3. The summed E-state index contributed by atoms with van der Waals surface area (Å²) in [5.41, 5.74) is 0.655. The van der Waals surface area contributed by atoms with Gasteiger partial charge in [0.15, 0.2) is 10.9 Å². The first-order valence-corrected chi connectivity index (χ1v) is 21.9. The van der Waals surface area contributed by atoms with E-state index < -0.39 is 0 Å². The number of carbonyl (C=O) groups is 1. The molecule has 0 spiro atoms. The highest BCUT2D eigenvalue weighted by atomic mass is 32.2. The molecule has 3 aromatic rings. The fraction of sp³-hybridized carbons (Fsp3) is 0.632. The molecule has 0 atom stereocenters. The molecule has 0 saturated carbocycles. The summed E-state index contributed by atoms with van der Waals surface area (Å²) in [6.07, 6.45) is 19.8. The number of fused-ring (bicyclic) bond motifs is 2. The van der Waals surface area contributed by atoms with Gasteiger partial charge in [0.2, 0.25) is 4.67 Å². The number of hydrogen-bond donors (Lipinski definition) is 0. The molecule has 48 heavy (non-hydrogen) atoms. The van der Waals surface area contributed by atoms with Crippen LogP contribution in [0, 0.1) is 0 Å². The van der Waals surface area contributed by atoms with Crippen molar-refractivity contribution < 1.29 is 14.5 Å². The van der Waals surface area contributed by atoms with E-state index in [1.54, 1.807) is 23.1 Å². The molecule has 10 heteroatoms. The van der Waals surface area contributed by atoms with Gasteiger partial charge in [0.25, 0.3) is 0 Å². The summed E-state index contributed by atoms with van der Waals surface area (Å²) < 4.78 is 5.22. The van der Waals surface area contributed by atoms with Gasteiger partial charge in [0.1, 0.15) is 4.83 Å². The summed E-state index contributed by atoms with van der Waals surface area (Å²) in [6.45, 7) is 13.2. The van der Waals surface area contributed by atoms with Gasteiger partial charge in [-0.15, -0.1) is 11.3 Å². The molecule has 0 aromatic carbocycles. The van der Waals surface area contributed by atoms with Crippen LogP contribution in [0.4, 0.5) is 5.13 Å². The second-order valence-corrected chi connectivity index (χ2v) is 17.3. The molecule has 6 nitrogen and oxygen atoms in total. The molecule has 0 amide bonds. The Morgan fingerprint density at radius 2 is 1.33 bits per heavy atom. The number of aromatic nitrogens is 1. The summed E-state index contributed by atoms with van der Waals surface area (Å²) in [4.78, 5) is 28.7. The van der Waals surface area contributed by atoms with Gasteiger partial charge in [0.05, 0.1) is 22.7 Å². The molecule has 2 aliphatic rings. The number of allylic oxidation sites excluding steroid dienone is 2. The van der Waals surface area contributed by atoms with Crippen molar-refractivity contribution in [3.8, 4) is 0 Å². The number of thiophene rings is 2. The molecule has 1 aliphatic carbocycles. The third-order valence-corrected chi connectivity index (χ3v) is 13.7. The van der Waals surface area contributed by atoms with Crippen LogP contribution in [0.15, 0.2) is 27.8 Å². The topological polar surface area (TPSA) is 71.6 Å². The molecular formula is C38H54N4O2S4. The third kappa shape index (κ3) is 9.20. The van der Waals surface area contributed by atoms with Gasteiger partial charge in [-0.1, -0.05) is 120 Å². The van der Waals surface area contributed by atoms with E-state index in [2.05, 4.69) is 37.2 Å². The first-order valence-electron chi connectivity index (χ1n) is 18.6. The maximum absolute atomic E-state index is 13.5. The number of rotatable bonds is 22. The molecule has 3 aromatic heterocycles. The number of Topliss-reactive ketones (excluding diaryl/α,β-unsaturated/α-hetero) is 1. The lowest BCUT2D eigenvalue weighted by Gasteiger charge is -2.29. The van der Waals surface area contributed by atoms with Crippen LogP contribution in [-0.2, 0) is 4.79 Å². The summed E-state index contributed by atoms with van der Waals surface area (Å²) in [5, 5.41) is 15.6. The molecule has 0 fully saturated rings. The van der Waals surface area contributed by atoms with Gasteiger partial charge < -0.3 is 10.0 Å². The smallest absolute Gasteiger partial charge is 0.361 e. The van der Waals surface area contributed by atoms with Crippen molar-refractivity contribution >= 4 is 82.5 Å². The molecule has 262 valence electrons. The Hall–Kier alpha value is -2.01. The van der Waals surface area contributed by atoms with Gasteiger partial charge in [-0.25, -0.2) is 4.98 Å². The Morgan fingerprint density at radius 3 is 1.88 bits per heavy atom. The zero-order valence-electron chi connectivity index (χ0n) is 29.5. The Morgan fingerprint density at radius 1 is 0.729 bits per heavy atom. The molecule has 0 bridgehead atoms. The quantitative estimate of drug-likeness (QED) is 0.0763. The van der Waals surface area contributed by atoms with Gasteiger partial charge in [0, 0.05) is 45.4 Å². The molecular weight excluding hydrogens is 673 g/mol. The Bertz CT molecular complexity index is 1660. The van der Waals surface area contributed by atoms with Crippen molar-refractivity contribution in [3.05, 3.63) is 32.0 Å². The summed E-state index contributed by atoms with van der Waals surface area (Å²) in [6, 6.07) is 4.04. The fourth-order valence-corrected chi connectivity index (χ4v) is 10.9. The minimum atomic E-state index is -0.134. The van der Waals surface area contributed by atoms with E-state index in [0.717, 1.165) is 65.0 Å². The third-order valence-electron chi connectivity index (χ3n) is 9.22. The van der Waals surface area contributed by atoms with E-state index in [9.17, 15) is 9.90 Å². The second-order valence-electron chi connectivity index (χ2n) is 13.2. The van der Waals surface area contributed by atoms with Gasteiger partial charge >= 0.3 is 5.17 Å². The number of amidine groups is 1. The van der Waals surface area contributed by atoms with E-state index >= 15 is 0 Å². The lowest BCUT2D eigenvalue weighted by molar-refractivity contribution is -0.527. The summed E-state index contributed by atoms with van der Waals surface area (Å²) >= 11 is 6.38. The standard InChI is InChI=1S/C38H54N4O2S4/c1-5-9-13-17-21-41(22-18-14-10-6-2)37-39-35-29(47-37)25-27(45-35)31-33(43)32(34(31)44)28-26-30-36(46-28)40-38(48-30)42(23-19-15-11-7-3)24-20-16-12-8-4/h25-26H,5-24H2,1-4H3. The second kappa shape index (κ2) is 18.8. The molecule has 1 aliphatic heterocycles. The largest absolute Gasteiger partial charge is 0.871 e. The normalized spacial score (nSPS) is 15.4. The summed E-state index contributed by atoms with van der Waals surface area (Å²) in [5.74, 6) is -0.268. The average molecular weight is 727 g/mol. The van der Waals surface area contributed by atoms with E-state index in [1.807, 2.05) is 12.1 Å². The SMILES string of the molecule is CCCCCCN(CCCCCC)c1nc2sc(C3=C([O-])/C(=c4\cc5c(s4)=NC(=[N+](CCCCCC)CCCCCC)S5)C3=O)cc2s1. The predicted molar refractivity (Wildman–Crippen MR) is 208 cm³/mol. The van der Waals surface area contributed by atoms with E-state index in [-0.39, 0.29) is 11.5 Å². The fourth-order valence-electron chi connectivity index (χ4n) is 6.33. The Kier molecular flexibility index (Phi) is 14.6.